The van der Waals surface area contributed by atoms with E-state index in [1.165, 1.54) is 10.7 Å². The summed E-state index contributed by atoms with van der Waals surface area (Å²) in [6, 6.07) is 6.32. The number of nitrogens with one attached hydrogen (secondary N) is 1. The first-order valence-corrected chi connectivity index (χ1v) is 8.03. The van der Waals surface area contributed by atoms with Crippen molar-refractivity contribution < 1.29 is 13.9 Å². The highest BCUT2D eigenvalue weighted by atomic mass is 19.1. The van der Waals surface area contributed by atoms with Gasteiger partial charge in [-0.1, -0.05) is 19.1 Å². The van der Waals surface area contributed by atoms with Crippen LogP contribution < -0.4 is 5.43 Å². The van der Waals surface area contributed by atoms with Crippen LogP contribution >= 0.6 is 0 Å². The van der Waals surface area contributed by atoms with E-state index in [0.29, 0.717) is 44.2 Å². The maximum Gasteiger partial charge on any atom is 0.305 e. The number of rotatable bonds is 5. The van der Waals surface area contributed by atoms with Crippen LogP contribution in [0, 0.1) is 5.82 Å². The smallest absolute Gasteiger partial charge is 0.305 e. The summed E-state index contributed by atoms with van der Waals surface area (Å²) in [4.78, 5) is 16.7. The number of aromatic nitrogens is 3. The minimum absolute atomic E-state index is 0.0354. The average Bonchev–Trinajstić information content (AvgIpc) is 3.00. The van der Waals surface area contributed by atoms with Gasteiger partial charge in [0.25, 0.3) is 0 Å². The van der Waals surface area contributed by atoms with Crippen LogP contribution in [-0.4, -0.2) is 52.0 Å². The van der Waals surface area contributed by atoms with Crippen molar-refractivity contribution in [3.05, 3.63) is 41.7 Å². The molecule has 1 amide bonds. The molecule has 8 heteroatoms. The van der Waals surface area contributed by atoms with Gasteiger partial charge in [0.2, 0.25) is 5.82 Å². The number of hydrogen-bond donors (Lipinski definition) is 1. The third kappa shape index (κ3) is 3.60. The second kappa shape index (κ2) is 7.50. The molecule has 1 fully saturated rings. The number of para-hydroxylation sites is 1. The molecular weight excluding hydrogens is 313 g/mol. The predicted octanol–water partition coefficient (Wildman–Crippen LogP) is 1.34. The zero-order valence-corrected chi connectivity index (χ0v) is 13.5. The highest BCUT2D eigenvalue weighted by Gasteiger charge is 2.21. The summed E-state index contributed by atoms with van der Waals surface area (Å²) in [7, 11) is 0. The van der Waals surface area contributed by atoms with Gasteiger partial charge in [-0.2, -0.15) is 0 Å². The van der Waals surface area contributed by atoms with Crippen molar-refractivity contribution in [2.24, 2.45) is 0 Å². The summed E-state index contributed by atoms with van der Waals surface area (Å²) in [5.41, 5.74) is 3.06. The molecule has 2 aromatic rings. The molecule has 0 radical (unpaired) electrons. The summed E-state index contributed by atoms with van der Waals surface area (Å²) in [5.74, 6) is -0.202. The average molecular weight is 333 g/mol. The van der Waals surface area contributed by atoms with Gasteiger partial charge in [0.05, 0.1) is 13.2 Å². The molecule has 1 aliphatic heterocycles. The van der Waals surface area contributed by atoms with Crippen molar-refractivity contribution in [1.29, 1.82) is 0 Å². The van der Waals surface area contributed by atoms with Gasteiger partial charge in [-0.05, 0) is 18.6 Å². The lowest BCUT2D eigenvalue weighted by Gasteiger charge is -2.26. The Balaban J connectivity index is 1.85. The van der Waals surface area contributed by atoms with E-state index in [1.807, 2.05) is 6.92 Å². The molecule has 2 heterocycles. The van der Waals surface area contributed by atoms with Gasteiger partial charge in [0.15, 0.2) is 0 Å². The second-order valence-corrected chi connectivity index (χ2v) is 5.51. The topological polar surface area (TPSA) is 72.3 Å². The van der Waals surface area contributed by atoms with Crippen molar-refractivity contribution in [2.45, 2.75) is 19.8 Å². The standard InChI is InChI=1S/C16H20FN5O2/c1-2-5-14-18-15(16(23)20-21-8-10-24-11-9-21)19-22(14)13-7-4-3-6-12(13)17/h3-4,6-7H,2,5,8-11H2,1H3,(H,20,23). The van der Waals surface area contributed by atoms with Crippen molar-refractivity contribution in [1.82, 2.24) is 25.2 Å². The number of carbonyl (C=O) groups is 1. The van der Waals surface area contributed by atoms with Crippen LogP contribution in [0.2, 0.25) is 0 Å². The van der Waals surface area contributed by atoms with E-state index >= 15 is 0 Å². The van der Waals surface area contributed by atoms with Crippen LogP contribution in [0.15, 0.2) is 24.3 Å². The first kappa shape index (κ1) is 16.5. The van der Waals surface area contributed by atoms with Crippen LogP contribution in [-0.2, 0) is 11.2 Å². The molecule has 0 unspecified atom stereocenters. The third-order valence-electron chi connectivity index (χ3n) is 3.70. The number of benzene rings is 1. The molecule has 1 aromatic heterocycles. The molecule has 3 rings (SSSR count). The van der Waals surface area contributed by atoms with Crippen LogP contribution in [0.1, 0.15) is 29.8 Å². The third-order valence-corrected chi connectivity index (χ3v) is 3.70. The first-order chi connectivity index (χ1) is 11.7. The van der Waals surface area contributed by atoms with Gasteiger partial charge in [-0.3, -0.25) is 10.2 Å². The van der Waals surface area contributed by atoms with Crippen LogP contribution in [0.4, 0.5) is 4.39 Å². The van der Waals surface area contributed by atoms with Gasteiger partial charge in [0, 0.05) is 19.5 Å². The number of morpholine rings is 1. The largest absolute Gasteiger partial charge is 0.379 e. The summed E-state index contributed by atoms with van der Waals surface area (Å²) in [5, 5.41) is 5.99. The zero-order chi connectivity index (χ0) is 16.9. The van der Waals surface area contributed by atoms with E-state index in [1.54, 1.807) is 23.2 Å². The van der Waals surface area contributed by atoms with Crippen molar-refractivity contribution in [3.8, 4) is 5.69 Å². The lowest BCUT2D eigenvalue weighted by molar-refractivity contribution is 0.0123. The number of halogens is 1. The second-order valence-electron chi connectivity index (χ2n) is 5.51. The van der Waals surface area contributed by atoms with Crippen LogP contribution in [0.25, 0.3) is 5.69 Å². The molecule has 0 atom stereocenters. The van der Waals surface area contributed by atoms with Crippen LogP contribution in [0.3, 0.4) is 0 Å². The highest BCUT2D eigenvalue weighted by Crippen LogP contribution is 2.15. The molecular formula is C16H20FN5O2. The number of amides is 1. The van der Waals surface area contributed by atoms with Gasteiger partial charge < -0.3 is 4.74 Å². The van der Waals surface area contributed by atoms with E-state index in [9.17, 15) is 9.18 Å². The Hall–Kier alpha value is -2.32. The summed E-state index contributed by atoms with van der Waals surface area (Å²) >= 11 is 0. The molecule has 1 aromatic carbocycles. The van der Waals surface area contributed by atoms with Gasteiger partial charge >= 0.3 is 5.91 Å². The van der Waals surface area contributed by atoms with E-state index in [0.717, 1.165) is 6.42 Å². The van der Waals surface area contributed by atoms with Crippen molar-refractivity contribution in [3.63, 3.8) is 0 Å². The Kier molecular flexibility index (Phi) is 5.17. The monoisotopic (exact) mass is 333 g/mol. The maximum absolute atomic E-state index is 14.1. The fraction of sp³-hybridized carbons (Fsp3) is 0.438. The Morgan fingerprint density at radius 1 is 1.33 bits per heavy atom. The number of nitrogens with zero attached hydrogens (tertiary/aromatic N) is 4. The lowest BCUT2D eigenvalue weighted by atomic mass is 10.3. The Morgan fingerprint density at radius 2 is 2.08 bits per heavy atom. The molecule has 1 N–H and O–H groups in total. The van der Waals surface area contributed by atoms with E-state index in [2.05, 4.69) is 15.5 Å². The first-order valence-electron chi connectivity index (χ1n) is 8.03. The fourth-order valence-corrected chi connectivity index (χ4v) is 2.51. The van der Waals surface area contributed by atoms with E-state index in [-0.39, 0.29) is 5.82 Å². The molecule has 0 bridgehead atoms. The molecule has 0 saturated carbocycles. The maximum atomic E-state index is 14.1. The summed E-state index contributed by atoms with van der Waals surface area (Å²) in [6.07, 6.45) is 1.42. The Bertz CT molecular complexity index is 712. The lowest BCUT2D eigenvalue weighted by Crippen LogP contribution is -2.48. The summed E-state index contributed by atoms with van der Waals surface area (Å²) in [6.45, 7) is 4.36. The molecule has 7 nitrogen and oxygen atoms in total. The number of hydrogen-bond acceptors (Lipinski definition) is 5. The number of carbonyl (C=O) groups excluding carboxylic acids is 1. The Labute approximate surface area is 139 Å². The van der Waals surface area contributed by atoms with Gasteiger partial charge in [-0.25, -0.2) is 19.1 Å². The molecule has 128 valence electrons. The molecule has 0 aliphatic carbocycles. The quantitative estimate of drug-likeness (QED) is 0.894. The normalized spacial score (nSPS) is 15.4. The van der Waals surface area contributed by atoms with E-state index < -0.39 is 11.7 Å². The highest BCUT2D eigenvalue weighted by molar-refractivity contribution is 5.90. The molecule has 0 spiro atoms. The van der Waals surface area contributed by atoms with Crippen molar-refractivity contribution in [2.75, 3.05) is 26.3 Å². The molecule has 24 heavy (non-hydrogen) atoms. The molecule has 1 saturated heterocycles. The molecule has 1 aliphatic rings. The number of aryl methyl sites for hydroxylation is 1. The van der Waals surface area contributed by atoms with Gasteiger partial charge in [-0.15, -0.1) is 5.10 Å². The van der Waals surface area contributed by atoms with Gasteiger partial charge in [0.1, 0.15) is 17.3 Å². The SMILES string of the molecule is CCCc1nc(C(=O)NN2CCOCC2)nn1-c1ccccc1F. The predicted molar refractivity (Wildman–Crippen MR) is 85.2 cm³/mol. The fourth-order valence-electron chi connectivity index (χ4n) is 2.51. The summed E-state index contributed by atoms with van der Waals surface area (Å²) < 4.78 is 20.7. The van der Waals surface area contributed by atoms with E-state index in [4.69, 9.17) is 4.74 Å². The Morgan fingerprint density at radius 3 is 2.79 bits per heavy atom. The zero-order valence-electron chi connectivity index (χ0n) is 13.5. The number of ether oxygens (including phenoxy) is 1. The minimum Gasteiger partial charge on any atom is -0.379 e. The number of hydrazine groups is 1. The van der Waals surface area contributed by atoms with Crippen LogP contribution in [0.5, 0.6) is 0 Å². The van der Waals surface area contributed by atoms with Crippen molar-refractivity contribution >= 4 is 5.91 Å². The minimum atomic E-state index is -0.403.